The number of nitrogens with zero attached hydrogens (tertiary/aromatic N) is 7. The molecule has 59 heavy (non-hydrogen) atoms. The fraction of sp³-hybridized carbons (Fsp3) is 0.200. The van der Waals surface area contributed by atoms with Crippen LogP contribution < -0.4 is 22.3 Å². The number of nitrogens with two attached hydrogens (primary N) is 2. The number of benzene rings is 3. The number of nitrogen functional groups attached to an aromatic ring is 1. The number of hydrogen-bond acceptors (Lipinski definition) is 9. The third-order valence-electron chi connectivity index (χ3n) is 10.9. The summed E-state index contributed by atoms with van der Waals surface area (Å²) in [6.45, 7) is 1.92. The van der Waals surface area contributed by atoms with Crippen molar-refractivity contribution in [2.75, 3.05) is 12.3 Å². The van der Waals surface area contributed by atoms with E-state index in [-0.39, 0.29) is 30.6 Å². The first-order chi connectivity index (χ1) is 29.1. The Morgan fingerprint density at radius 1 is 1.03 bits per heavy atom. The second kappa shape index (κ2) is 14.8. The summed E-state index contributed by atoms with van der Waals surface area (Å²) in [4.78, 5) is 45.6. The molecule has 0 aliphatic heterocycles. The van der Waals surface area contributed by atoms with E-state index in [1.165, 1.54) is 4.52 Å². The molecule has 0 radical (unpaired) electrons. The number of ether oxygens (including phenoxy) is 1. The molecular formula is C45H40N10O4. The van der Waals surface area contributed by atoms with E-state index in [2.05, 4.69) is 32.3 Å². The van der Waals surface area contributed by atoms with Gasteiger partial charge in [0.1, 0.15) is 18.2 Å². The summed E-state index contributed by atoms with van der Waals surface area (Å²) < 4.78 is 20.3. The summed E-state index contributed by atoms with van der Waals surface area (Å²) in [6, 6.07) is 24.5. The number of hydrogen-bond donors (Lipinski definition) is 3. The van der Waals surface area contributed by atoms with Crippen molar-refractivity contribution >= 4 is 45.0 Å². The highest BCUT2D eigenvalue weighted by Gasteiger charge is 2.47. The number of pyridine rings is 1. The average molecular weight is 786 g/mol. The number of aromatic nitrogens is 7. The number of carbonyl (C=O) groups excluding carboxylic acids is 2. The van der Waals surface area contributed by atoms with E-state index >= 15 is 0 Å². The molecule has 14 heteroatoms. The molecule has 1 amide bonds. The average Bonchev–Trinajstić information content (AvgIpc) is 3.56. The van der Waals surface area contributed by atoms with Gasteiger partial charge in [-0.05, 0) is 67.1 Å². The second-order valence-corrected chi connectivity index (χ2v) is 14.9. The number of fused-ring (bicyclic) bond motifs is 3. The maximum atomic E-state index is 14.6. The van der Waals surface area contributed by atoms with Gasteiger partial charge in [0.25, 0.3) is 11.5 Å². The number of para-hydroxylation sites is 2. The maximum Gasteiger partial charge on any atom is 0.323 e. The number of carbonyl (C=O) groups is 2. The zero-order chi connectivity index (χ0) is 41.5. The molecule has 1 saturated carbocycles. The summed E-state index contributed by atoms with van der Waals surface area (Å²) in [6.07, 6.45) is 10.4. The third kappa shape index (κ3) is 6.87. The van der Waals surface area contributed by atoms with E-state index in [4.69, 9.17) is 17.6 Å². The largest absolute Gasteiger partial charge is 0.462 e. The van der Waals surface area contributed by atoms with E-state index in [9.17, 15) is 14.4 Å². The first-order valence-corrected chi connectivity index (χ1v) is 19.1. The molecule has 0 bridgehead atoms. The molecule has 0 saturated heterocycles. The van der Waals surface area contributed by atoms with Crippen LogP contribution in [0.15, 0.2) is 121 Å². The Morgan fingerprint density at radius 3 is 2.66 bits per heavy atom. The predicted molar refractivity (Wildman–Crippen MR) is 224 cm³/mol. The highest BCUT2D eigenvalue weighted by atomic mass is 16.5. The lowest BCUT2D eigenvalue weighted by atomic mass is 10.0. The first kappa shape index (κ1) is 35.9. The van der Waals surface area contributed by atoms with Gasteiger partial charge < -0.3 is 26.1 Å². The van der Waals surface area contributed by atoms with Crippen LogP contribution in [0.25, 0.3) is 33.0 Å². The van der Waals surface area contributed by atoms with Crippen LogP contribution >= 0.6 is 0 Å². The fourth-order valence-corrected chi connectivity index (χ4v) is 7.60. The summed E-state index contributed by atoms with van der Waals surface area (Å²) in [7, 11) is 0.0686. The summed E-state index contributed by atoms with van der Waals surface area (Å²) in [5.74, 6) is 5.46. The Hall–Kier alpha value is -7.50. The molecular weight excluding hydrogens is 745 g/mol. The van der Waals surface area contributed by atoms with Crippen molar-refractivity contribution < 1.29 is 15.7 Å². The minimum atomic E-state index is -0.866. The zero-order valence-electron chi connectivity index (χ0n) is 33.1. The molecule has 5 heterocycles. The molecule has 0 spiro atoms. The van der Waals surface area contributed by atoms with Gasteiger partial charge >= 0.3 is 5.97 Å². The van der Waals surface area contributed by atoms with Gasteiger partial charge in [0.2, 0.25) is 0 Å². The Morgan fingerprint density at radius 2 is 1.85 bits per heavy atom. The van der Waals surface area contributed by atoms with Crippen LogP contribution in [0.2, 0.25) is 0 Å². The molecule has 3 aromatic carbocycles. The van der Waals surface area contributed by atoms with Crippen molar-refractivity contribution in [1.82, 2.24) is 38.8 Å². The van der Waals surface area contributed by atoms with Gasteiger partial charge in [0, 0.05) is 67.5 Å². The lowest BCUT2D eigenvalue weighted by Crippen LogP contribution is -2.37. The van der Waals surface area contributed by atoms with Gasteiger partial charge in [-0.3, -0.25) is 23.6 Å². The molecule has 8 aromatic rings. The lowest BCUT2D eigenvalue weighted by molar-refractivity contribution is -0.146. The van der Waals surface area contributed by atoms with Crippen LogP contribution in [-0.2, 0) is 28.5 Å². The van der Waals surface area contributed by atoms with E-state index in [0.717, 1.165) is 29.3 Å². The van der Waals surface area contributed by atoms with Crippen molar-refractivity contribution in [2.24, 2.45) is 12.8 Å². The molecule has 9 rings (SSSR count). The second-order valence-electron chi connectivity index (χ2n) is 14.9. The normalized spacial score (nSPS) is 14.4. The van der Waals surface area contributed by atoms with Gasteiger partial charge in [-0.1, -0.05) is 60.4 Å². The SMILES string of the molecule is [2H]Cn1cc(C[C@H](N)C(=O)OCC2(n3cc(C#Cc4cccc5cc([C@H](C)NC(=O)c6c(N)nn7cccnc67)n(-c6ccccc6)c(=O)c45)cn3)CC2)c2ccccc21. The molecule has 1 aliphatic carbocycles. The van der Waals surface area contributed by atoms with Crippen molar-refractivity contribution in [2.45, 2.75) is 43.8 Å². The van der Waals surface area contributed by atoms with Crippen molar-refractivity contribution in [1.29, 1.82) is 0 Å². The number of nitrogens with one attached hydrogen (secondary N) is 1. The first-order valence-electron chi connectivity index (χ1n) is 19.8. The topological polar surface area (TPSA) is 182 Å². The van der Waals surface area contributed by atoms with Crippen LogP contribution in [-0.4, -0.2) is 58.0 Å². The summed E-state index contributed by atoms with van der Waals surface area (Å²) >= 11 is 0. The van der Waals surface area contributed by atoms with Gasteiger partial charge in [0.05, 0.1) is 28.7 Å². The van der Waals surface area contributed by atoms with Crippen LogP contribution in [0.5, 0.6) is 0 Å². The summed E-state index contributed by atoms with van der Waals surface area (Å²) in [5, 5.41) is 13.8. The van der Waals surface area contributed by atoms with E-state index in [1.807, 2.05) is 89.8 Å². The van der Waals surface area contributed by atoms with E-state index in [0.29, 0.717) is 45.3 Å². The monoisotopic (exact) mass is 785 g/mol. The van der Waals surface area contributed by atoms with Gasteiger partial charge in [0.15, 0.2) is 11.5 Å². The minimum Gasteiger partial charge on any atom is -0.462 e. The zero-order valence-corrected chi connectivity index (χ0v) is 32.1. The number of rotatable bonds is 10. The molecule has 14 nitrogen and oxygen atoms in total. The standard InChI is InChI=1S/C45H40N10O4/c1-28(50-42(56)39-40(47)51-53-21-9-20-48-41(39)53)37-23-31-11-8-10-30(38(31)43(57)55(37)33-12-4-3-5-13-33)17-16-29-24-49-54(25-29)45(18-19-45)27-59-44(58)35(46)22-32-26-52(2)36-15-7-6-14-34(32)36/h3-15,20-21,23-26,28,35H,18-19,22,27,46H2,1-2H3,(H2,47,51)(H,50,56)/t28-,35-/m0/s1/i2D. The number of esters is 1. The molecule has 1 aliphatic rings. The minimum absolute atomic E-state index is 0.0423. The van der Waals surface area contributed by atoms with Gasteiger partial charge in [-0.15, -0.1) is 5.10 Å². The Bertz CT molecular complexity index is 3080. The van der Waals surface area contributed by atoms with Crippen LogP contribution in [0, 0.1) is 11.8 Å². The van der Waals surface area contributed by atoms with Crippen molar-refractivity contribution in [3.63, 3.8) is 0 Å². The fourth-order valence-electron chi connectivity index (χ4n) is 7.60. The van der Waals surface area contributed by atoms with Crippen LogP contribution in [0.1, 0.15) is 59.9 Å². The van der Waals surface area contributed by atoms with Crippen LogP contribution in [0.4, 0.5) is 5.82 Å². The van der Waals surface area contributed by atoms with Gasteiger partial charge in [-0.25, -0.2) is 9.50 Å². The Labute approximate surface area is 339 Å². The highest BCUT2D eigenvalue weighted by molar-refractivity contribution is 6.04. The Kier molecular flexibility index (Phi) is 8.99. The Balaban J connectivity index is 0.950. The van der Waals surface area contributed by atoms with Crippen LogP contribution in [0.3, 0.4) is 0 Å². The lowest BCUT2D eigenvalue weighted by Gasteiger charge is -2.21. The van der Waals surface area contributed by atoms with Gasteiger partial charge in [-0.2, -0.15) is 5.10 Å². The van der Waals surface area contributed by atoms with E-state index in [1.54, 1.807) is 46.9 Å². The number of anilines is 1. The number of aryl methyl sites for hydroxylation is 1. The van der Waals surface area contributed by atoms with E-state index < -0.39 is 29.5 Å². The molecule has 0 unspecified atom stereocenters. The van der Waals surface area contributed by atoms with Crippen molar-refractivity contribution in [3.8, 4) is 17.5 Å². The summed E-state index contributed by atoms with van der Waals surface area (Å²) in [5.41, 5.74) is 16.3. The molecule has 294 valence electrons. The molecule has 2 atom stereocenters. The smallest absolute Gasteiger partial charge is 0.323 e. The quantitative estimate of drug-likeness (QED) is 0.130. The molecule has 5 aromatic heterocycles. The molecule has 5 N–H and O–H groups in total. The highest BCUT2D eigenvalue weighted by Crippen LogP contribution is 2.43. The third-order valence-corrected chi connectivity index (χ3v) is 10.9. The number of amides is 1. The molecule has 1 fully saturated rings. The predicted octanol–water partition coefficient (Wildman–Crippen LogP) is 4.80. The maximum absolute atomic E-state index is 14.6. The van der Waals surface area contributed by atoms with Crippen molar-refractivity contribution in [3.05, 3.63) is 154 Å².